The van der Waals surface area contributed by atoms with Gasteiger partial charge in [0.25, 0.3) is 0 Å². The summed E-state index contributed by atoms with van der Waals surface area (Å²) in [6.45, 7) is 12.2. The average Bonchev–Trinajstić information content (AvgIpc) is 2.32. The second-order valence-corrected chi connectivity index (χ2v) is 4.35. The molecule has 1 aromatic heterocycles. The standard InChI is InChI=1S/C12H23N5/c1-6-17(7-2)12-9(5)11(16-13)14-10(15-12)8(3)4/h8H,6-7,13H2,1-5H3,(H,14,15,16). The molecule has 1 heterocycles. The number of anilines is 2. The fraction of sp³-hybridized carbons (Fsp3) is 0.667. The first-order chi connectivity index (χ1) is 8.04. The van der Waals surface area contributed by atoms with Crippen LogP contribution in [0.25, 0.3) is 0 Å². The highest BCUT2D eigenvalue weighted by Gasteiger charge is 2.15. The van der Waals surface area contributed by atoms with Crippen LogP contribution in [0.15, 0.2) is 0 Å². The van der Waals surface area contributed by atoms with Gasteiger partial charge >= 0.3 is 0 Å². The van der Waals surface area contributed by atoms with Crippen LogP contribution < -0.4 is 16.2 Å². The summed E-state index contributed by atoms with van der Waals surface area (Å²) in [5.41, 5.74) is 3.66. The van der Waals surface area contributed by atoms with E-state index < -0.39 is 0 Å². The molecule has 0 aliphatic carbocycles. The van der Waals surface area contributed by atoms with Crippen LogP contribution in [0.5, 0.6) is 0 Å². The Morgan fingerprint density at radius 3 is 2.24 bits per heavy atom. The predicted molar refractivity (Wildman–Crippen MR) is 72.2 cm³/mol. The van der Waals surface area contributed by atoms with E-state index in [1.165, 1.54) is 0 Å². The number of nitrogen functional groups attached to an aromatic ring is 1. The van der Waals surface area contributed by atoms with E-state index >= 15 is 0 Å². The minimum atomic E-state index is 0.289. The van der Waals surface area contributed by atoms with Crippen molar-refractivity contribution in [3.05, 3.63) is 11.4 Å². The molecule has 0 radical (unpaired) electrons. The second-order valence-electron chi connectivity index (χ2n) is 4.35. The highest BCUT2D eigenvalue weighted by Crippen LogP contribution is 2.25. The fourth-order valence-corrected chi connectivity index (χ4v) is 1.75. The van der Waals surface area contributed by atoms with E-state index in [2.05, 4.69) is 48.0 Å². The van der Waals surface area contributed by atoms with Gasteiger partial charge in [0, 0.05) is 24.6 Å². The van der Waals surface area contributed by atoms with Gasteiger partial charge in [-0.3, -0.25) is 0 Å². The highest BCUT2D eigenvalue weighted by molar-refractivity contribution is 5.58. The van der Waals surface area contributed by atoms with Crippen molar-refractivity contribution < 1.29 is 0 Å². The summed E-state index contributed by atoms with van der Waals surface area (Å²) < 4.78 is 0. The Morgan fingerprint density at radius 1 is 1.24 bits per heavy atom. The van der Waals surface area contributed by atoms with Crippen LogP contribution in [0.4, 0.5) is 11.6 Å². The van der Waals surface area contributed by atoms with E-state index in [-0.39, 0.29) is 5.92 Å². The highest BCUT2D eigenvalue weighted by atomic mass is 15.3. The number of nitrogens with two attached hydrogens (primary N) is 1. The number of hydrogen-bond acceptors (Lipinski definition) is 5. The molecule has 5 heteroatoms. The van der Waals surface area contributed by atoms with Crippen LogP contribution >= 0.6 is 0 Å². The van der Waals surface area contributed by atoms with Crippen molar-refractivity contribution >= 4 is 11.6 Å². The van der Waals surface area contributed by atoms with Crippen molar-refractivity contribution in [2.45, 2.75) is 40.5 Å². The van der Waals surface area contributed by atoms with Crippen molar-refractivity contribution in [2.24, 2.45) is 5.84 Å². The van der Waals surface area contributed by atoms with Gasteiger partial charge in [0.05, 0.1) is 0 Å². The topological polar surface area (TPSA) is 67.1 Å². The molecule has 0 saturated carbocycles. The zero-order valence-electron chi connectivity index (χ0n) is 11.4. The van der Waals surface area contributed by atoms with Gasteiger partial charge < -0.3 is 10.3 Å². The van der Waals surface area contributed by atoms with Gasteiger partial charge in [0.15, 0.2) is 0 Å². The monoisotopic (exact) mass is 237 g/mol. The van der Waals surface area contributed by atoms with Gasteiger partial charge in [-0.15, -0.1) is 0 Å². The van der Waals surface area contributed by atoms with Crippen molar-refractivity contribution in [3.63, 3.8) is 0 Å². The quantitative estimate of drug-likeness (QED) is 0.606. The molecular formula is C12H23N5. The molecule has 0 atom stereocenters. The summed E-state index contributed by atoms with van der Waals surface area (Å²) in [5.74, 6) is 8.31. The third-order valence-electron chi connectivity index (χ3n) is 2.85. The summed E-state index contributed by atoms with van der Waals surface area (Å²) in [5, 5.41) is 0. The lowest BCUT2D eigenvalue weighted by atomic mass is 10.2. The molecule has 0 bridgehead atoms. The molecule has 0 spiro atoms. The van der Waals surface area contributed by atoms with E-state index in [0.29, 0.717) is 5.82 Å². The maximum absolute atomic E-state index is 5.51. The van der Waals surface area contributed by atoms with Crippen molar-refractivity contribution in [1.82, 2.24) is 9.97 Å². The summed E-state index contributed by atoms with van der Waals surface area (Å²) in [6, 6.07) is 0. The Morgan fingerprint density at radius 2 is 1.82 bits per heavy atom. The van der Waals surface area contributed by atoms with Gasteiger partial charge in [-0.05, 0) is 20.8 Å². The maximum Gasteiger partial charge on any atom is 0.148 e. The molecular weight excluding hydrogens is 214 g/mol. The Hall–Kier alpha value is -1.36. The van der Waals surface area contributed by atoms with Gasteiger partial charge in [0.2, 0.25) is 0 Å². The lowest BCUT2D eigenvalue weighted by Crippen LogP contribution is -2.26. The largest absolute Gasteiger partial charge is 0.357 e. The smallest absolute Gasteiger partial charge is 0.148 e. The SMILES string of the molecule is CCN(CC)c1nc(C(C)C)nc(NN)c1C. The molecule has 1 rings (SSSR count). The van der Waals surface area contributed by atoms with Crippen molar-refractivity contribution in [3.8, 4) is 0 Å². The van der Waals surface area contributed by atoms with Crippen LogP contribution in [0.3, 0.4) is 0 Å². The van der Waals surface area contributed by atoms with E-state index in [1.54, 1.807) is 0 Å². The Bertz CT molecular complexity index is 371. The lowest BCUT2D eigenvalue weighted by molar-refractivity contribution is 0.752. The third kappa shape index (κ3) is 2.85. The van der Waals surface area contributed by atoms with Crippen LogP contribution in [0, 0.1) is 6.92 Å². The summed E-state index contributed by atoms with van der Waals surface area (Å²) >= 11 is 0. The molecule has 17 heavy (non-hydrogen) atoms. The van der Waals surface area contributed by atoms with E-state index in [0.717, 1.165) is 30.3 Å². The van der Waals surface area contributed by atoms with Crippen LogP contribution in [0.2, 0.25) is 0 Å². The molecule has 0 unspecified atom stereocenters. The first-order valence-electron chi connectivity index (χ1n) is 6.15. The number of hydrogen-bond donors (Lipinski definition) is 2. The van der Waals surface area contributed by atoms with E-state index in [4.69, 9.17) is 5.84 Å². The van der Waals surface area contributed by atoms with Crippen molar-refractivity contribution in [1.29, 1.82) is 0 Å². The Labute approximate surface area is 103 Å². The normalized spacial score (nSPS) is 10.8. The predicted octanol–water partition coefficient (Wildman–Crippen LogP) is 2.04. The zero-order valence-corrected chi connectivity index (χ0v) is 11.4. The van der Waals surface area contributed by atoms with Gasteiger partial charge in [0.1, 0.15) is 17.5 Å². The lowest BCUT2D eigenvalue weighted by Gasteiger charge is -2.24. The summed E-state index contributed by atoms with van der Waals surface area (Å²) in [6.07, 6.45) is 0. The first-order valence-corrected chi connectivity index (χ1v) is 6.15. The van der Waals surface area contributed by atoms with Gasteiger partial charge in [-0.2, -0.15) is 0 Å². The first kappa shape index (κ1) is 13.7. The second kappa shape index (κ2) is 5.82. The van der Waals surface area contributed by atoms with E-state index in [1.807, 2.05) is 6.92 Å². The van der Waals surface area contributed by atoms with Crippen molar-refractivity contribution in [2.75, 3.05) is 23.4 Å². The molecule has 96 valence electrons. The average molecular weight is 237 g/mol. The summed E-state index contributed by atoms with van der Waals surface area (Å²) in [7, 11) is 0. The molecule has 0 saturated heterocycles. The zero-order chi connectivity index (χ0) is 13.0. The summed E-state index contributed by atoms with van der Waals surface area (Å²) in [4.78, 5) is 11.3. The number of rotatable bonds is 5. The molecule has 1 aromatic rings. The third-order valence-corrected chi connectivity index (χ3v) is 2.85. The Balaban J connectivity index is 3.31. The Kier molecular flexibility index (Phi) is 4.69. The van der Waals surface area contributed by atoms with Gasteiger partial charge in [-0.1, -0.05) is 13.8 Å². The number of aromatic nitrogens is 2. The maximum atomic E-state index is 5.51. The fourth-order valence-electron chi connectivity index (χ4n) is 1.75. The number of hydrazine groups is 1. The van der Waals surface area contributed by atoms with E-state index in [9.17, 15) is 0 Å². The molecule has 0 fully saturated rings. The molecule has 5 nitrogen and oxygen atoms in total. The minimum absolute atomic E-state index is 0.289. The number of nitrogens with zero attached hydrogens (tertiary/aromatic N) is 3. The number of nitrogens with one attached hydrogen (secondary N) is 1. The molecule has 0 aliphatic rings. The molecule has 0 amide bonds. The van der Waals surface area contributed by atoms with Crippen LogP contribution in [0.1, 0.15) is 45.0 Å². The van der Waals surface area contributed by atoms with Crippen LogP contribution in [-0.2, 0) is 0 Å². The molecule has 0 aliphatic heterocycles. The van der Waals surface area contributed by atoms with Crippen LogP contribution in [-0.4, -0.2) is 23.1 Å². The molecule has 3 N–H and O–H groups in total. The molecule has 0 aromatic carbocycles. The van der Waals surface area contributed by atoms with Gasteiger partial charge in [-0.25, -0.2) is 15.8 Å². The minimum Gasteiger partial charge on any atom is -0.357 e.